The number of hydrogen-bond donors (Lipinski definition) is 1. The summed E-state index contributed by atoms with van der Waals surface area (Å²) in [6, 6.07) is 13.2. The Bertz CT molecular complexity index is 1600. The lowest BCUT2D eigenvalue weighted by Crippen LogP contribution is -2.43. The van der Waals surface area contributed by atoms with E-state index in [0.29, 0.717) is 36.9 Å². The second kappa shape index (κ2) is 10.9. The summed E-state index contributed by atoms with van der Waals surface area (Å²) in [5.74, 6) is 1.65. The summed E-state index contributed by atoms with van der Waals surface area (Å²) in [6.07, 6.45) is 11.2. The lowest BCUT2D eigenvalue weighted by molar-refractivity contribution is 0.179. The van der Waals surface area contributed by atoms with Gasteiger partial charge in [-0.05, 0) is 86.8 Å². The van der Waals surface area contributed by atoms with Crippen molar-refractivity contribution in [1.82, 2.24) is 19.3 Å². The third-order valence-corrected chi connectivity index (χ3v) is 10.4. The van der Waals surface area contributed by atoms with E-state index in [1.54, 1.807) is 34.8 Å². The number of nitriles is 1. The average Bonchev–Trinajstić information content (AvgIpc) is 3.46. The van der Waals surface area contributed by atoms with E-state index in [-0.39, 0.29) is 17.6 Å². The number of fused-ring (bicyclic) bond motifs is 3. The maximum Gasteiger partial charge on any atom is 0.214 e. The third kappa shape index (κ3) is 5.49. The van der Waals surface area contributed by atoms with Crippen molar-refractivity contribution in [2.75, 3.05) is 25.4 Å². The molecule has 1 aromatic carbocycles. The molecule has 1 unspecified atom stereocenters. The highest BCUT2D eigenvalue weighted by atomic mass is 32.2. The van der Waals surface area contributed by atoms with Crippen LogP contribution in [0, 0.1) is 23.2 Å². The summed E-state index contributed by atoms with van der Waals surface area (Å²) in [5, 5.41) is 12.3. The molecule has 9 heteroatoms. The van der Waals surface area contributed by atoms with Gasteiger partial charge >= 0.3 is 0 Å². The molecule has 2 fully saturated rings. The SMILES string of the molecule is N#Cc1ccc(OCC2CCCN(S(=O)(=O)CC3CCC(c4[nH]ccc5cnc6nccc6c45)CC3)C2)cc1. The minimum Gasteiger partial charge on any atom is -0.493 e. The number of aromatic nitrogens is 3. The molecule has 8 nitrogen and oxygen atoms in total. The van der Waals surface area contributed by atoms with E-state index < -0.39 is 10.0 Å². The number of aromatic amines is 1. The van der Waals surface area contributed by atoms with E-state index >= 15 is 0 Å². The highest BCUT2D eigenvalue weighted by molar-refractivity contribution is 7.89. The molecule has 3 aromatic heterocycles. The maximum atomic E-state index is 13.4. The summed E-state index contributed by atoms with van der Waals surface area (Å²) in [7, 11) is -3.33. The summed E-state index contributed by atoms with van der Waals surface area (Å²) in [5.41, 5.74) is 2.58. The van der Waals surface area contributed by atoms with Crippen LogP contribution in [0.3, 0.4) is 0 Å². The predicted octanol–water partition coefficient (Wildman–Crippen LogP) is 5.38. The van der Waals surface area contributed by atoms with Crippen molar-refractivity contribution in [3.8, 4) is 11.8 Å². The Morgan fingerprint density at radius 1 is 1.03 bits per heavy atom. The molecular formula is C30H33N5O3S. The molecule has 0 spiro atoms. The number of rotatable bonds is 7. The number of benzene rings is 1. The lowest BCUT2D eigenvalue weighted by Gasteiger charge is -2.34. The van der Waals surface area contributed by atoms with E-state index in [4.69, 9.17) is 10.00 Å². The Morgan fingerprint density at radius 3 is 2.64 bits per heavy atom. The van der Waals surface area contributed by atoms with Crippen LogP contribution in [0.1, 0.15) is 55.7 Å². The Hall–Kier alpha value is -3.48. The van der Waals surface area contributed by atoms with Crippen LogP contribution >= 0.6 is 0 Å². The highest BCUT2D eigenvalue weighted by Crippen LogP contribution is 2.40. The first-order valence-electron chi connectivity index (χ1n) is 13.8. The van der Waals surface area contributed by atoms with E-state index in [1.165, 1.54) is 11.1 Å². The molecule has 6 rings (SSSR count). The first-order valence-corrected chi connectivity index (χ1v) is 15.4. The largest absolute Gasteiger partial charge is 0.493 e. The van der Waals surface area contributed by atoms with Crippen LogP contribution in [0.15, 0.2) is 55.0 Å². The van der Waals surface area contributed by atoms with Crippen LogP contribution in [0.4, 0.5) is 0 Å². The van der Waals surface area contributed by atoms with Gasteiger partial charge in [0.15, 0.2) is 5.65 Å². The topological polar surface area (TPSA) is 112 Å². The van der Waals surface area contributed by atoms with Crippen LogP contribution < -0.4 is 4.74 Å². The fourth-order valence-corrected chi connectivity index (χ4v) is 8.28. The summed E-state index contributed by atoms with van der Waals surface area (Å²) in [6.45, 7) is 1.58. The number of piperidine rings is 1. The summed E-state index contributed by atoms with van der Waals surface area (Å²) < 4.78 is 34.5. The van der Waals surface area contributed by atoms with Crippen molar-refractivity contribution >= 4 is 31.8 Å². The minimum absolute atomic E-state index is 0.166. The molecule has 2 aliphatic rings. The van der Waals surface area contributed by atoms with Gasteiger partial charge in [0, 0.05) is 59.5 Å². The van der Waals surface area contributed by atoms with Crippen molar-refractivity contribution < 1.29 is 13.2 Å². The zero-order valence-corrected chi connectivity index (χ0v) is 22.7. The third-order valence-electron chi connectivity index (χ3n) is 8.38. The number of nitrogens with zero attached hydrogens (tertiary/aromatic N) is 4. The fourth-order valence-electron chi connectivity index (χ4n) is 6.29. The molecule has 1 aliphatic carbocycles. The van der Waals surface area contributed by atoms with Crippen LogP contribution in [0.25, 0.3) is 21.8 Å². The van der Waals surface area contributed by atoms with Crippen molar-refractivity contribution in [1.29, 1.82) is 5.26 Å². The van der Waals surface area contributed by atoms with Gasteiger partial charge in [-0.1, -0.05) is 0 Å². The molecule has 202 valence electrons. The van der Waals surface area contributed by atoms with Crippen LogP contribution in [0.2, 0.25) is 0 Å². The molecule has 4 aromatic rings. The van der Waals surface area contributed by atoms with Crippen LogP contribution in [-0.4, -0.2) is 53.1 Å². The molecule has 1 aliphatic heterocycles. The van der Waals surface area contributed by atoms with Gasteiger partial charge in [0.25, 0.3) is 0 Å². The van der Waals surface area contributed by atoms with Gasteiger partial charge < -0.3 is 9.72 Å². The standard InChI is InChI=1S/C30H33N5O3S/c31-16-21-5-9-26(10-6-21)38-19-23-2-1-15-35(18-23)39(36,37)20-22-3-7-24(8-4-22)29-28-25(11-13-32-29)17-34-30-27(28)12-14-33-30/h5-6,9-14,17,22-24,32H,1-4,7-8,15,18-20H2. The molecule has 0 amide bonds. The van der Waals surface area contributed by atoms with Gasteiger partial charge in [-0.15, -0.1) is 0 Å². The first kappa shape index (κ1) is 25.8. The number of ether oxygens (including phenoxy) is 1. The van der Waals surface area contributed by atoms with Crippen molar-refractivity contribution in [3.05, 3.63) is 66.2 Å². The van der Waals surface area contributed by atoms with Gasteiger partial charge in [-0.25, -0.2) is 22.7 Å². The molecule has 1 saturated heterocycles. The molecule has 1 N–H and O–H groups in total. The van der Waals surface area contributed by atoms with E-state index in [2.05, 4.69) is 27.1 Å². The number of sulfonamides is 1. The molecule has 0 radical (unpaired) electrons. The van der Waals surface area contributed by atoms with Crippen LogP contribution in [-0.2, 0) is 10.0 Å². The summed E-state index contributed by atoms with van der Waals surface area (Å²) >= 11 is 0. The van der Waals surface area contributed by atoms with Gasteiger partial charge in [0.2, 0.25) is 10.0 Å². The molecular weight excluding hydrogens is 510 g/mol. The van der Waals surface area contributed by atoms with Gasteiger partial charge in [-0.2, -0.15) is 5.26 Å². The second-order valence-electron chi connectivity index (χ2n) is 11.0. The number of pyridine rings is 2. The number of H-pyrrole nitrogens is 1. The Kier molecular flexibility index (Phi) is 7.24. The zero-order valence-electron chi connectivity index (χ0n) is 21.9. The zero-order chi connectivity index (χ0) is 26.8. The smallest absolute Gasteiger partial charge is 0.214 e. The van der Waals surface area contributed by atoms with Crippen molar-refractivity contribution in [3.63, 3.8) is 0 Å². The quantitative estimate of drug-likeness (QED) is 0.335. The Morgan fingerprint density at radius 2 is 1.85 bits per heavy atom. The Labute approximate surface area is 229 Å². The molecule has 39 heavy (non-hydrogen) atoms. The van der Waals surface area contributed by atoms with Crippen molar-refractivity contribution in [2.24, 2.45) is 11.8 Å². The first-order chi connectivity index (χ1) is 19.0. The normalized spacial score (nSPS) is 22.6. The second-order valence-corrected chi connectivity index (χ2v) is 13.0. The highest BCUT2D eigenvalue weighted by Gasteiger charge is 2.33. The molecule has 0 bridgehead atoms. The van der Waals surface area contributed by atoms with Gasteiger partial charge in [0.1, 0.15) is 5.75 Å². The van der Waals surface area contributed by atoms with Crippen molar-refractivity contribution in [2.45, 2.75) is 44.4 Å². The summed E-state index contributed by atoms with van der Waals surface area (Å²) in [4.78, 5) is 12.4. The number of hydrogen-bond acceptors (Lipinski definition) is 6. The lowest BCUT2D eigenvalue weighted by atomic mass is 9.80. The van der Waals surface area contributed by atoms with E-state index in [1.807, 2.05) is 18.5 Å². The monoisotopic (exact) mass is 543 g/mol. The minimum atomic E-state index is -3.33. The maximum absolute atomic E-state index is 13.4. The van der Waals surface area contributed by atoms with Crippen LogP contribution in [0.5, 0.6) is 5.75 Å². The number of nitrogens with one attached hydrogen (secondary N) is 1. The van der Waals surface area contributed by atoms with E-state index in [0.717, 1.165) is 54.9 Å². The predicted molar refractivity (Wildman–Crippen MR) is 151 cm³/mol. The average molecular weight is 544 g/mol. The molecule has 1 saturated carbocycles. The fraction of sp³-hybridized carbons (Fsp3) is 0.433. The van der Waals surface area contributed by atoms with E-state index in [9.17, 15) is 8.42 Å². The molecule has 1 atom stereocenters. The Balaban J connectivity index is 1.06. The molecule has 4 heterocycles. The van der Waals surface area contributed by atoms with Gasteiger partial charge in [-0.3, -0.25) is 0 Å². The van der Waals surface area contributed by atoms with Gasteiger partial charge in [0.05, 0.1) is 24.0 Å².